The highest BCUT2D eigenvalue weighted by Crippen LogP contribution is 2.27. The first-order chi connectivity index (χ1) is 9.25. The smallest absolute Gasteiger partial charge is 0.239 e. The van der Waals surface area contributed by atoms with E-state index in [0.717, 1.165) is 58.4 Å². The lowest BCUT2D eigenvalue weighted by Crippen LogP contribution is -2.57. The van der Waals surface area contributed by atoms with Crippen molar-refractivity contribution in [1.82, 2.24) is 20.0 Å². The van der Waals surface area contributed by atoms with Gasteiger partial charge in [0.15, 0.2) is 0 Å². The molecule has 19 heavy (non-hydrogen) atoms. The third-order valence-corrected chi connectivity index (χ3v) is 4.75. The van der Waals surface area contributed by atoms with Crippen LogP contribution < -0.4 is 5.32 Å². The lowest BCUT2D eigenvalue weighted by atomic mass is 10.2. The number of piperazine rings is 2. The molecule has 0 spiro atoms. The third-order valence-electron chi connectivity index (χ3n) is 4.75. The van der Waals surface area contributed by atoms with Crippen LogP contribution in [0.4, 0.5) is 0 Å². The van der Waals surface area contributed by atoms with Gasteiger partial charge in [0.2, 0.25) is 5.91 Å². The Morgan fingerprint density at radius 1 is 1.05 bits per heavy atom. The van der Waals surface area contributed by atoms with Crippen LogP contribution in [0.2, 0.25) is 0 Å². The van der Waals surface area contributed by atoms with Crippen molar-refractivity contribution in [2.24, 2.45) is 0 Å². The van der Waals surface area contributed by atoms with E-state index >= 15 is 0 Å². The molecule has 5 heteroatoms. The van der Waals surface area contributed by atoms with Crippen LogP contribution in [0.15, 0.2) is 0 Å². The number of carbonyl (C=O) groups excluding carboxylic acids is 1. The maximum atomic E-state index is 12.5. The molecule has 3 fully saturated rings. The van der Waals surface area contributed by atoms with Crippen LogP contribution in [-0.2, 0) is 4.79 Å². The summed E-state index contributed by atoms with van der Waals surface area (Å²) in [6, 6.07) is 0.917. The molecule has 0 aromatic rings. The predicted octanol–water partition coefficient (Wildman–Crippen LogP) is -0.413. The number of amides is 1. The Kier molecular flexibility index (Phi) is 4.05. The molecule has 1 N–H and O–H groups in total. The Morgan fingerprint density at radius 3 is 2.26 bits per heavy atom. The first-order valence-electron chi connectivity index (χ1n) is 7.73. The van der Waals surface area contributed by atoms with E-state index in [2.05, 4.69) is 22.0 Å². The molecule has 0 radical (unpaired) electrons. The highest BCUT2D eigenvalue weighted by molar-refractivity contribution is 5.81. The van der Waals surface area contributed by atoms with Crippen molar-refractivity contribution in [1.29, 1.82) is 0 Å². The van der Waals surface area contributed by atoms with Gasteiger partial charge in [0.25, 0.3) is 0 Å². The average molecular weight is 266 g/mol. The number of hydrogen-bond acceptors (Lipinski definition) is 4. The lowest BCUT2D eigenvalue weighted by molar-refractivity contribution is -0.137. The van der Waals surface area contributed by atoms with E-state index in [1.54, 1.807) is 0 Å². The molecule has 1 saturated carbocycles. The van der Waals surface area contributed by atoms with Gasteiger partial charge in [-0.2, -0.15) is 0 Å². The molecule has 2 heterocycles. The average Bonchev–Trinajstić information content (AvgIpc) is 3.31. The second-order valence-corrected chi connectivity index (χ2v) is 6.05. The fourth-order valence-corrected chi connectivity index (χ4v) is 3.24. The Balaban J connectivity index is 1.49. The molecule has 108 valence electrons. The van der Waals surface area contributed by atoms with E-state index in [9.17, 15) is 4.79 Å². The molecule has 1 aliphatic carbocycles. The number of hydrogen-bond donors (Lipinski definition) is 1. The summed E-state index contributed by atoms with van der Waals surface area (Å²) in [6.07, 6.45) is 2.77. The summed E-state index contributed by atoms with van der Waals surface area (Å²) in [7, 11) is 0. The highest BCUT2D eigenvalue weighted by Gasteiger charge is 2.34. The molecule has 1 amide bonds. The zero-order valence-electron chi connectivity index (χ0n) is 12.0. The van der Waals surface area contributed by atoms with Gasteiger partial charge in [-0.05, 0) is 19.8 Å². The lowest BCUT2D eigenvalue weighted by Gasteiger charge is -2.39. The minimum atomic E-state index is 0.0550. The third kappa shape index (κ3) is 3.09. The number of rotatable bonds is 3. The predicted molar refractivity (Wildman–Crippen MR) is 75.1 cm³/mol. The van der Waals surface area contributed by atoms with Crippen LogP contribution in [0, 0.1) is 0 Å². The van der Waals surface area contributed by atoms with Crippen LogP contribution in [-0.4, -0.2) is 85.0 Å². The standard InChI is InChI=1S/C14H26N4O/c1-12(14(19)18-6-4-15-5-7-18)16-8-10-17(11-9-16)13-2-3-13/h12-13,15H,2-11H2,1H3. The molecular weight excluding hydrogens is 240 g/mol. The molecule has 3 aliphatic rings. The van der Waals surface area contributed by atoms with E-state index in [-0.39, 0.29) is 6.04 Å². The van der Waals surface area contributed by atoms with Gasteiger partial charge in [-0.15, -0.1) is 0 Å². The summed E-state index contributed by atoms with van der Waals surface area (Å²) in [5, 5.41) is 3.30. The van der Waals surface area contributed by atoms with Crippen molar-refractivity contribution < 1.29 is 4.79 Å². The maximum Gasteiger partial charge on any atom is 0.239 e. The summed E-state index contributed by atoms with van der Waals surface area (Å²) in [5.41, 5.74) is 0. The number of carbonyl (C=O) groups is 1. The summed E-state index contributed by atoms with van der Waals surface area (Å²) < 4.78 is 0. The van der Waals surface area contributed by atoms with Gasteiger partial charge in [-0.3, -0.25) is 14.6 Å². The van der Waals surface area contributed by atoms with Gasteiger partial charge in [0.05, 0.1) is 6.04 Å². The molecule has 0 aromatic carbocycles. The molecular formula is C14H26N4O. The van der Waals surface area contributed by atoms with Crippen LogP contribution in [0.1, 0.15) is 19.8 Å². The van der Waals surface area contributed by atoms with Crippen molar-refractivity contribution in [2.45, 2.75) is 31.8 Å². The number of nitrogens with one attached hydrogen (secondary N) is 1. The molecule has 2 aliphatic heterocycles. The Bertz CT molecular complexity index is 317. The molecule has 0 bridgehead atoms. The monoisotopic (exact) mass is 266 g/mol. The van der Waals surface area contributed by atoms with E-state index in [0.29, 0.717) is 5.91 Å². The summed E-state index contributed by atoms with van der Waals surface area (Å²) >= 11 is 0. The topological polar surface area (TPSA) is 38.8 Å². The first-order valence-corrected chi connectivity index (χ1v) is 7.73. The van der Waals surface area contributed by atoms with Crippen LogP contribution >= 0.6 is 0 Å². The fourth-order valence-electron chi connectivity index (χ4n) is 3.24. The van der Waals surface area contributed by atoms with Gasteiger partial charge in [0.1, 0.15) is 0 Å². The summed E-state index contributed by atoms with van der Waals surface area (Å²) in [5.74, 6) is 0.321. The van der Waals surface area contributed by atoms with Crippen LogP contribution in [0.5, 0.6) is 0 Å². The van der Waals surface area contributed by atoms with Crippen LogP contribution in [0.3, 0.4) is 0 Å². The van der Waals surface area contributed by atoms with Gasteiger partial charge < -0.3 is 10.2 Å². The normalized spacial score (nSPS) is 28.4. The second-order valence-electron chi connectivity index (χ2n) is 6.05. The van der Waals surface area contributed by atoms with E-state index in [4.69, 9.17) is 0 Å². The first kappa shape index (κ1) is 13.3. The van der Waals surface area contributed by atoms with Gasteiger partial charge in [-0.1, -0.05) is 0 Å². The fraction of sp³-hybridized carbons (Fsp3) is 0.929. The zero-order valence-corrected chi connectivity index (χ0v) is 12.0. The second kappa shape index (κ2) is 5.77. The minimum absolute atomic E-state index is 0.0550. The van der Waals surface area contributed by atoms with E-state index in [1.165, 1.54) is 12.8 Å². The molecule has 1 unspecified atom stereocenters. The van der Waals surface area contributed by atoms with Gasteiger partial charge in [0, 0.05) is 58.4 Å². The molecule has 5 nitrogen and oxygen atoms in total. The number of nitrogens with zero attached hydrogens (tertiary/aromatic N) is 3. The van der Waals surface area contributed by atoms with Crippen molar-refractivity contribution in [3.05, 3.63) is 0 Å². The quantitative estimate of drug-likeness (QED) is 0.753. The summed E-state index contributed by atoms with van der Waals surface area (Å²) in [6.45, 7) is 10.1. The van der Waals surface area contributed by atoms with Crippen molar-refractivity contribution in [3.8, 4) is 0 Å². The Hall–Kier alpha value is -0.650. The molecule has 1 atom stereocenters. The molecule has 3 rings (SSSR count). The van der Waals surface area contributed by atoms with Crippen LogP contribution in [0.25, 0.3) is 0 Å². The highest BCUT2D eigenvalue weighted by atomic mass is 16.2. The Morgan fingerprint density at radius 2 is 1.68 bits per heavy atom. The minimum Gasteiger partial charge on any atom is -0.339 e. The van der Waals surface area contributed by atoms with Crippen molar-refractivity contribution >= 4 is 5.91 Å². The van der Waals surface area contributed by atoms with Crippen molar-refractivity contribution in [3.63, 3.8) is 0 Å². The van der Waals surface area contributed by atoms with E-state index in [1.807, 2.05) is 4.90 Å². The van der Waals surface area contributed by atoms with Gasteiger partial charge in [-0.25, -0.2) is 0 Å². The van der Waals surface area contributed by atoms with Gasteiger partial charge >= 0.3 is 0 Å². The summed E-state index contributed by atoms with van der Waals surface area (Å²) in [4.78, 5) is 19.5. The Labute approximate surface area is 115 Å². The maximum absolute atomic E-state index is 12.5. The largest absolute Gasteiger partial charge is 0.339 e. The molecule has 0 aromatic heterocycles. The zero-order chi connectivity index (χ0) is 13.2. The van der Waals surface area contributed by atoms with E-state index < -0.39 is 0 Å². The van der Waals surface area contributed by atoms with Crippen molar-refractivity contribution in [2.75, 3.05) is 52.4 Å². The molecule has 2 saturated heterocycles. The SMILES string of the molecule is CC(C(=O)N1CCNCC1)N1CCN(C2CC2)CC1.